The zero-order chi connectivity index (χ0) is 23.1. The van der Waals surface area contributed by atoms with Crippen molar-refractivity contribution < 1.29 is 19.1 Å². The Morgan fingerprint density at radius 3 is 2.18 bits per heavy atom. The van der Waals surface area contributed by atoms with E-state index in [1.807, 2.05) is 36.4 Å². The van der Waals surface area contributed by atoms with E-state index in [2.05, 4.69) is 39.8 Å². The van der Waals surface area contributed by atoms with Gasteiger partial charge in [-0.1, -0.05) is 60.7 Å². The molecule has 178 valence electrons. The fraction of sp³-hybridized carbons (Fsp3) is 0.462. The van der Waals surface area contributed by atoms with Gasteiger partial charge in [0.25, 0.3) is 0 Å². The highest BCUT2D eigenvalue weighted by molar-refractivity contribution is 5.67. The van der Waals surface area contributed by atoms with Crippen LogP contribution in [0.4, 0.5) is 9.59 Å². The number of carbonyl (C=O) groups is 2. The van der Waals surface area contributed by atoms with Gasteiger partial charge in [0.2, 0.25) is 0 Å². The zero-order valence-corrected chi connectivity index (χ0v) is 19.2. The Bertz CT molecular complexity index is 824. The molecule has 2 aromatic rings. The standard InChI is InChI=1S/C26H35N3O4/c30-25(33-21-23-12-6-2-7-13-23)27-16-8-3-9-19-32-26(31)28-24-14-17-29(18-15-24)20-22-10-4-1-5-11-22/h1-2,4-7,10-13,24H,3,8-9,14-21H2,(H,27,30)(H,28,31). The first kappa shape index (κ1) is 24.6. The molecule has 2 amide bonds. The highest BCUT2D eigenvalue weighted by Crippen LogP contribution is 2.14. The van der Waals surface area contributed by atoms with Crippen LogP contribution in [0, 0.1) is 0 Å². The third-order valence-electron chi connectivity index (χ3n) is 5.69. The summed E-state index contributed by atoms with van der Waals surface area (Å²) in [7, 11) is 0. The molecule has 0 aromatic heterocycles. The molecular formula is C26H35N3O4. The summed E-state index contributed by atoms with van der Waals surface area (Å²) in [5.74, 6) is 0. The number of rotatable bonds is 11. The average molecular weight is 454 g/mol. The Morgan fingerprint density at radius 1 is 0.818 bits per heavy atom. The van der Waals surface area contributed by atoms with E-state index in [0.717, 1.165) is 57.3 Å². The van der Waals surface area contributed by atoms with Gasteiger partial charge in [0, 0.05) is 32.2 Å². The van der Waals surface area contributed by atoms with Crippen LogP contribution in [-0.2, 0) is 22.6 Å². The molecule has 7 heteroatoms. The summed E-state index contributed by atoms with van der Waals surface area (Å²) < 4.78 is 10.5. The van der Waals surface area contributed by atoms with Crippen molar-refractivity contribution in [3.05, 3.63) is 71.8 Å². The van der Waals surface area contributed by atoms with Crippen LogP contribution in [0.5, 0.6) is 0 Å². The number of piperidine rings is 1. The van der Waals surface area contributed by atoms with Crippen LogP contribution in [0.15, 0.2) is 60.7 Å². The van der Waals surface area contributed by atoms with E-state index in [4.69, 9.17) is 9.47 Å². The van der Waals surface area contributed by atoms with Gasteiger partial charge in [0.05, 0.1) is 6.61 Å². The third-order valence-corrected chi connectivity index (χ3v) is 5.69. The van der Waals surface area contributed by atoms with Crippen LogP contribution < -0.4 is 10.6 Å². The molecule has 33 heavy (non-hydrogen) atoms. The molecule has 0 radical (unpaired) electrons. The lowest BCUT2D eigenvalue weighted by molar-refractivity contribution is 0.129. The lowest BCUT2D eigenvalue weighted by Crippen LogP contribution is -2.44. The Labute approximate surface area is 196 Å². The number of benzene rings is 2. The Hall–Kier alpha value is -3.06. The minimum atomic E-state index is -0.413. The summed E-state index contributed by atoms with van der Waals surface area (Å²) in [5, 5.41) is 5.73. The Balaban J connectivity index is 1.15. The number of alkyl carbamates (subject to hydrolysis) is 2. The summed E-state index contributed by atoms with van der Waals surface area (Å²) in [6.45, 7) is 4.10. The molecule has 2 N–H and O–H groups in total. The average Bonchev–Trinajstić information content (AvgIpc) is 2.84. The summed E-state index contributed by atoms with van der Waals surface area (Å²) in [5.41, 5.74) is 2.28. The van der Waals surface area contributed by atoms with Crippen molar-refractivity contribution in [2.45, 2.75) is 51.3 Å². The maximum Gasteiger partial charge on any atom is 0.407 e. The van der Waals surface area contributed by atoms with Crippen molar-refractivity contribution >= 4 is 12.2 Å². The van der Waals surface area contributed by atoms with Gasteiger partial charge >= 0.3 is 12.2 Å². The predicted molar refractivity (Wildman–Crippen MR) is 128 cm³/mol. The molecule has 1 aliphatic heterocycles. The minimum Gasteiger partial charge on any atom is -0.450 e. The molecule has 0 aliphatic carbocycles. The second-order valence-electron chi connectivity index (χ2n) is 8.37. The van der Waals surface area contributed by atoms with Crippen molar-refractivity contribution in [3.63, 3.8) is 0 Å². The lowest BCUT2D eigenvalue weighted by Gasteiger charge is -2.32. The zero-order valence-electron chi connectivity index (χ0n) is 19.2. The Kier molecular flexibility index (Phi) is 10.5. The van der Waals surface area contributed by atoms with Gasteiger partial charge < -0.3 is 20.1 Å². The summed E-state index contributed by atoms with van der Waals surface area (Å²) in [6, 6.07) is 20.2. The van der Waals surface area contributed by atoms with Crippen molar-refractivity contribution in [1.82, 2.24) is 15.5 Å². The molecular weight excluding hydrogens is 418 g/mol. The van der Waals surface area contributed by atoms with Crippen molar-refractivity contribution in [2.24, 2.45) is 0 Å². The van der Waals surface area contributed by atoms with E-state index in [1.54, 1.807) is 0 Å². The van der Waals surface area contributed by atoms with Crippen molar-refractivity contribution in [1.29, 1.82) is 0 Å². The fourth-order valence-electron chi connectivity index (χ4n) is 3.82. The van der Waals surface area contributed by atoms with Gasteiger partial charge in [-0.2, -0.15) is 0 Å². The molecule has 1 aliphatic rings. The number of nitrogens with one attached hydrogen (secondary N) is 2. The third kappa shape index (κ3) is 9.95. The number of likely N-dealkylation sites (tertiary alicyclic amines) is 1. The van der Waals surface area contributed by atoms with Crippen molar-refractivity contribution in [2.75, 3.05) is 26.2 Å². The van der Waals surface area contributed by atoms with Gasteiger partial charge in [0.15, 0.2) is 0 Å². The first-order valence-corrected chi connectivity index (χ1v) is 11.8. The van der Waals surface area contributed by atoms with Gasteiger partial charge in [-0.05, 0) is 43.2 Å². The molecule has 0 spiro atoms. The minimum absolute atomic E-state index is 0.177. The van der Waals surface area contributed by atoms with Crippen LogP contribution in [0.25, 0.3) is 0 Å². The monoisotopic (exact) mass is 453 g/mol. The molecule has 0 unspecified atom stereocenters. The van der Waals surface area contributed by atoms with Crippen molar-refractivity contribution in [3.8, 4) is 0 Å². The van der Waals surface area contributed by atoms with E-state index < -0.39 is 6.09 Å². The molecule has 3 rings (SSSR count). The topological polar surface area (TPSA) is 79.9 Å². The highest BCUT2D eigenvalue weighted by Gasteiger charge is 2.21. The molecule has 1 fully saturated rings. The molecule has 1 saturated heterocycles. The molecule has 0 atom stereocenters. The summed E-state index contributed by atoms with van der Waals surface area (Å²) >= 11 is 0. The van der Waals surface area contributed by atoms with Crippen LogP contribution in [-0.4, -0.2) is 49.4 Å². The molecule has 2 aromatic carbocycles. The second kappa shape index (κ2) is 14.2. The normalized spacial score (nSPS) is 14.4. The quantitative estimate of drug-likeness (QED) is 0.491. The van der Waals surface area contributed by atoms with Gasteiger partial charge in [0.1, 0.15) is 6.61 Å². The molecule has 0 bridgehead atoms. The van der Waals surface area contributed by atoms with Crippen LogP contribution >= 0.6 is 0 Å². The smallest absolute Gasteiger partial charge is 0.407 e. The largest absolute Gasteiger partial charge is 0.450 e. The number of unbranched alkanes of at least 4 members (excludes halogenated alkanes) is 2. The van der Waals surface area contributed by atoms with E-state index in [9.17, 15) is 9.59 Å². The van der Waals surface area contributed by atoms with Crippen LogP contribution in [0.2, 0.25) is 0 Å². The first-order chi connectivity index (χ1) is 16.2. The van der Waals surface area contributed by atoms with Gasteiger partial charge in [-0.3, -0.25) is 4.90 Å². The first-order valence-electron chi connectivity index (χ1n) is 11.8. The maximum absolute atomic E-state index is 12.0. The fourth-order valence-corrected chi connectivity index (χ4v) is 3.82. The summed E-state index contributed by atoms with van der Waals surface area (Å²) in [4.78, 5) is 26.1. The Morgan fingerprint density at radius 2 is 1.48 bits per heavy atom. The number of hydrogen-bond acceptors (Lipinski definition) is 5. The van der Waals surface area contributed by atoms with Gasteiger partial charge in [-0.25, -0.2) is 9.59 Å². The molecule has 0 saturated carbocycles. The maximum atomic E-state index is 12.0. The van der Waals surface area contributed by atoms with E-state index in [-0.39, 0.29) is 18.7 Å². The van der Waals surface area contributed by atoms with Crippen LogP contribution in [0.3, 0.4) is 0 Å². The number of carbonyl (C=O) groups excluding carboxylic acids is 2. The lowest BCUT2D eigenvalue weighted by atomic mass is 10.0. The van der Waals surface area contributed by atoms with Gasteiger partial charge in [-0.15, -0.1) is 0 Å². The molecule has 1 heterocycles. The van der Waals surface area contributed by atoms with Crippen LogP contribution in [0.1, 0.15) is 43.2 Å². The summed E-state index contributed by atoms with van der Waals surface area (Å²) in [6.07, 6.45) is 3.57. The van der Waals surface area contributed by atoms with E-state index in [0.29, 0.717) is 13.2 Å². The number of ether oxygens (including phenoxy) is 2. The van der Waals surface area contributed by atoms with E-state index >= 15 is 0 Å². The number of amides is 2. The molecule has 7 nitrogen and oxygen atoms in total. The predicted octanol–water partition coefficient (Wildman–Crippen LogP) is 4.47. The van der Waals surface area contributed by atoms with E-state index in [1.165, 1.54) is 5.56 Å². The second-order valence-corrected chi connectivity index (χ2v) is 8.37. The SMILES string of the molecule is O=C(NCCCCCOC(=O)NC1CCN(Cc2ccccc2)CC1)OCc1ccccc1. The number of hydrogen-bond donors (Lipinski definition) is 2. The number of nitrogens with zero attached hydrogens (tertiary/aromatic N) is 1. The highest BCUT2D eigenvalue weighted by atomic mass is 16.6.